The Balaban J connectivity index is 1.33. The Bertz CT molecular complexity index is 1310. The van der Waals surface area contributed by atoms with E-state index in [2.05, 4.69) is 29.4 Å². The number of pyridine rings is 1. The van der Waals surface area contributed by atoms with Crippen LogP contribution < -0.4 is 10.1 Å². The van der Waals surface area contributed by atoms with E-state index in [0.717, 1.165) is 29.6 Å². The lowest BCUT2D eigenvalue weighted by Gasteiger charge is -2.53. The Kier molecular flexibility index (Phi) is 5.72. The molecule has 0 radical (unpaired) electrons. The Labute approximate surface area is 210 Å². The first kappa shape index (κ1) is 24.1. The summed E-state index contributed by atoms with van der Waals surface area (Å²) in [6.45, 7) is 10.8. The van der Waals surface area contributed by atoms with Crippen LogP contribution >= 0.6 is 0 Å². The normalized spacial score (nSPS) is 19.2. The molecule has 3 aromatic rings. The molecule has 1 atom stereocenters. The van der Waals surface area contributed by atoms with Crippen LogP contribution in [0.4, 0.5) is 10.6 Å². The Hall–Kier alpha value is -3.56. The van der Waals surface area contributed by atoms with Crippen molar-refractivity contribution in [3.05, 3.63) is 30.6 Å². The number of carbonyl (C=O) groups excluding carboxylic acids is 2. The lowest BCUT2D eigenvalue weighted by Crippen LogP contribution is -2.66. The van der Waals surface area contributed by atoms with Crippen LogP contribution in [0.2, 0.25) is 0 Å². The van der Waals surface area contributed by atoms with Crippen LogP contribution in [-0.4, -0.2) is 61.1 Å². The maximum absolute atomic E-state index is 12.7. The number of hydrogen-bond donors (Lipinski definition) is 1. The van der Waals surface area contributed by atoms with E-state index in [9.17, 15) is 9.59 Å². The zero-order chi connectivity index (χ0) is 25.8. The first-order chi connectivity index (χ1) is 16.9. The van der Waals surface area contributed by atoms with Gasteiger partial charge in [0.15, 0.2) is 11.6 Å². The molecule has 10 heteroatoms. The first-order valence-electron chi connectivity index (χ1n) is 12.4. The number of likely N-dealkylation sites (tertiary alicyclic amines) is 1. The van der Waals surface area contributed by atoms with Gasteiger partial charge in [-0.1, -0.05) is 13.8 Å². The molecule has 1 aliphatic heterocycles. The van der Waals surface area contributed by atoms with Gasteiger partial charge in [0, 0.05) is 42.8 Å². The zero-order valence-corrected chi connectivity index (χ0v) is 21.7. The van der Waals surface area contributed by atoms with E-state index < -0.39 is 5.60 Å². The van der Waals surface area contributed by atoms with Gasteiger partial charge >= 0.3 is 6.09 Å². The van der Waals surface area contributed by atoms with Crippen LogP contribution in [0.25, 0.3) is 16.8 Å². The van der Waals surface area contributed by atoms with Gasteiger partial charge in [0.1, 0.15) is 17.9 Å². The third-order valence-electron chi connectivity index (χ3n) is 6.72. The number of aromatic nitrogens is 4. The Morgan fingerprint density at radius 1 is 1.22 bits per heavy atom. The number of carbonyl (C=O) groups is 2. The molecule has 3 aromatic heterocycles. The molecule has 5 rings (SSSR count). The minimum atomic E-state index is -0.550. The molecular formula is C26H34N6O4. The van der Waals surface area contributed by atoms with E-state index >= 15 is 0 Å². The van der Waals surface area contributed by atoms with Gasteiger partial charge < -0.3 is 19.7 Å². The number of nitrogens with zero attached hydrogens (tertiary/aromatic N) is 5. The van der Waals surface area contributed by atoms with Crippen LogP contribution in [0.15, 0.2) is 30.6 Å². The highest BCUT2D eigenvalue weighted by Gasteiger charge is 2.50. The molecule has 1 aliphatic carbocycles. The highest BCUT2D eigenvalue weighted by molar-refractivity contribution is 5.93. The molecule has 36 heavy (non-hydrogen) atoms. The molecule has 2 fully saturated rings. The number of fused-ring (bicyclic) bond motifs is 1. The summed E-state index contributed by atoms with van der Waals surface area (Å²) in [5.74, 6) is 1.32. The van der Waals surface area contributed by atoms with Gasteiger partial charge in [0.25, 0.3) is 0 Å². The average molecular weight is 495 g/mol. The Morgan fingerprint density at radius 2 is 1.97 bits per heavy atom. The molecule has 0 bridgehead atoms. The van der Waals surface area contributed by atoms with Crippen molar-refractivity contribution < 1.29 is 19.1 Å². The van der Waals surface area contributed by atoms with Gasteiger partial charge in [-0.2, -0.15) is 10.2 Å². The summed E-state index contributed by atoms with van der Waals surface area (Å²) in [4.78, 5) is 26.5. The number of hydrogen-bond acceptors (Lipinski definition) is 6. The first-order valence-corrected chi connectivity index (χ1v) is 12.4. The number of nitrogens with one attached hydrogen (secondary N) is 1. The minimum absolute atomic E-state index is 0.0281. The van der Waals surface area contributed by atoms with Crippen LogP contribution in [-0.2, 0) is 16.6 Å². The summed E-state index contributed by atoms with van der Waals surface area (Å²) in [6, 6.07) is 5.67. The predicted molar refractivity (Wildman–Crippen MR) is 135 cm³/mol. The monoisotopic (exact) mass is 494 g/mol. The summed E-state index contributed by atoms with van der Waals surface area (Å²) >= 11 is 0. The maximum atomic E-state index is 12.7. The van der Waals surface area contributed by atoms with Crippen molar-refractivity contribution in [2.45, 2.75) is 59.1 Å². The number of amides is 2. The molecular weight excluding hydrogens is 460 g/mol. The number of anilines is 1. The lowest BCUT2D eigenvalue weighted by atomic mass is 9.75. The lowest BCUT2D eigenvalue weighted by molar-refractivity contribution is -0.117. The van der Waals surface area contributed by atoms with Gasteiger partial charge in [0.05, 0.1) is 17.8 Å². The van der Waals surface area contributed by atoms with Crippen LogP contribution in [0.1, 0.15) is 47.5 Å². The number of rotatable bonds is 6. The van der Waals surface area contributed by atoms with E-state index in [-0.39, 0.29) is 29.4 Å². The van der Waals surface area contributed by atoms with Gasteiger partial charge in [-0.15, -0.1) is 0 Å². The smallest absolute Gasteiger partial charge is 0.410 e. The molecule has 1 saturated heterocycles. The predicted octanol–water partition coefficient (Wildman–Crippen LogP) is 4.11. The highest BCUT2D eigenvalue weighted by Crippen LogP contribution is 2.39. The molecule has 0 unspecified atom stereocenters. The summed E-state index contributed by atoms with van der Waals surface area (Å²) in [5, 5.41) is 11.8. The summed E-state index contributed by atoms with van der Waals surface area (Å²) in [6.07, 6.45) is 5.12. The maximum Gasteiger partial charge on any atom is 0.410 e. The number of ether oxygens (including phenoxy) is 2. The third kappa shape index (κ3) is 4.76. The summed E-state index contributed by atoms with van der Waals surface area (Å²) in [7, 11) is 1.87. The number of aryl methyl sites for hydroxylation is 1. The molecule has 1 N–H and O–H groups in total. The van der Waals surface area contributed by atoms with Gasteiger partial charge in [-0.3, -0.25) is 9.48 Å². The van der Waals surface area contributed by atoms with E-state index in [1.165, 1.54) is 0 Å². The quantitative estimate of drug-likeness (QED) is 0.553. The fourth-order valence-electron chi connectivity index (χ4n) is 4.59. The van der Waals surface area contributed by atoms with Gasteiger partial charge in [-0.25, -0.2) is 9.31 Å². The molecule has 1 saturated carbocycles. The van der Waals surface area contributed by atoms with Crippen molar-refractivity contribution in [1.29, 1.82) is 0 Å². The van der Waals surface area contributed by atoms with Crippen LogP contribution in [0, 0.1) is 11.3 Å². The van der Waals surface area contributed by atoms with Gasteiger partial charge in [0.2, 0.25) is 5.91 Å². The standard InChI is InChI=1S/C26H34N6O4/c1-25(2,3)36-24(34)31-15-26(4,5)20(31)14-35-19-13-27-30(6)22(19)17-9-10-32-18(11-17)12-21(29-32)28-23(33)16-7-8-16/h9-13,16,20H,7-8,14-15H2,1-6H3,(H,28,29,33)/t20-/m1/s1. The SMILES string of the molecule is Cn1ncc(OC[C@H]2N(C(=O)OC(C)(C)C)CC2(C)C)c1-c1ccn2nc(NC(=O)C3CC3)cc2c1. The molecule has 4 heterocycles. The van der Waals surface area contributed by atoms with E-state index in [0.29, 0.717) is 24.7 Å². The van der Waals surface area contributed by atoms with Crippen molar-refractivity contribution in [3.8, 4) is 17.0 Å². The van der Waals surface area contributed by atoms with Gasteiger partial charge in [-0.05, 0) is 45.7 Å². The van der Waals surface area contributed by atoms with Crippen molar-refractivity contribution in [3.63, 3.8) is 0 Å². The fourth-order valence-corrected chi connectivity index (χ4v) is 4.59. The fraction of sp³-hybridized carbons (Fsp3) is 0.538. The minimum Gasteiger partial charge on any atom is -0.487 e. The van der Waals surface area contributed by atoms with Crippen LogP contribution in [0.3, 0.4) is 0 Å². The molecule has 2 aliphatic rings. The van der Waals surface area contributed by atoms with E-state index in [1.54, 1.807) is 20.3 Å². The van der Waals surface area contributed by atoms with Crippen molar-refractivity contribution in [2.75, 3.05) is 18.5 Å². The van der Waals surface area contributed by atoms with Crippen molar-refractivity contribution in [2.24, 2.45) is 18.4 Å². The zero-order valence-electron chi connectivity index (χ0n) is 21.7. The van der Waals surface area contributed by atoms with E-state index in [1.807, 2.05) is 52.2 Å². The second kappa shape index (κ2) is 8.53. The third-order valence-corrected chi connectivity index (χ3v) is 6.72. The average Bonchev–Trinajstić information content (AvgIpc) is 3.46. The molecule has 0 spiro atoms. The second-order valence-electron chi connectivity index (χ2n) is 11.5. The van der Waals surface area contributed by atoms with E-state index in [4.69, 9.17) is 9.47 Å². The molecule has 0 aromatic carbocycles. The summed E-state index contributed by atoms with van der Waals surface area (Å²) in [5.41, 5.74) is 1.95. The highest BCUT2D eigenvalue weighted by atomic mass is 16.6. The van der Waals surface area contributed by atoms with Crippen LogP contribution in [0.5, 0.6) is 5.75 Å². The van der Waals surface area contributed by atoms with Crippen molar-refractivity contribution >= 4 is 23.3 Å². The molecule has 2 amide bonds. The molecule has 192 valence electrons. The summed E-state index contributed by atoms with van der Waals surface area (Å²) < 4.78 is 15.3. The Morgan fingerprint density at radius 3 is 2.64 bits per heavy atom. The largest absolute Gasteiger partial charge is 0.487 e. The second-order valence-corrected chi connectivity index (χ2v) is 11.5. The topological polar surface area (TPSA) is 103 Å². The van der Waals surface area contributed by atoms with Crippen molar-refractivity contribution in [1.82, 2.24) is 24.3 Å². The molecule has 10 nitrogen and oxygen atoms in total.